The minimum atomic E-state index is -0.593. The van der Waals surface area contributed by atoms with E-state index in [4.69, 9.17) is 0 Å². The van der Waals surface area contributed by atoms with Gasteiger partial charge in [-0.05, 0) is 48.3 Å². The molecule has 1 aliphatic carbocycles. The van der Waals surface area contributed by atoms with Crippen LogP contribution in [0.25, 0.3) is 0 Å². The standard InChI is InChI=1S/C14H16N2OS/c1-9-14(18-16-15-9)13(17)12-7-3-6-11(8-12)10-4-2-5-10/h3,6-8,10,13,17H,2,4-5H2,1H3. The second kappa shape index (κ2) is 4.78. The highest BCUT2D eigenvalue weighted by Gasteiger charge is 2.21. The van der Waals surface area contributed by atoms with Crippen LogP contribution >= 0.6 is 11.5 Å². The molecule has 18 heavy (non-hydrogen) atoms. The van der Waals surface area contributed by atoms with Gasteiger partial charge < -0.3 is 5.11 Å². The van der Waals surface area contributed by atoms with Crippen molar-refractivity contribution in [2.24, 2.45) is 0 Å². The SMILES string of the molecule is Cc1nnsc1C(O)c1cccc(C2CCC2)c1. The van der Waals surface area contributed by atoms with Gasteiger partial charge in [0.2, 0.25) is 0 Å². The number of hydrogen-bond donors (Lipinski definition) is 1. The summed E-state index contributed by atoms with van der Waals surface area (Å²) in [6.07, 6.45) is 3.29. The van der Waals surface area contributed by atoms with E-state index < -0.39 is 6.10 Å². The molecule has 0 bridgehead atoms. The number of nitrogens with zero attached hydrogens (tertiary/aromatic N) is 2. The predicted octanol–water partition coefficient (Wildman–Crippen LogP) is 3.20. The van der Waals surface area contributed by atoms with Gasteiger partial charge >= 0.3 is 0 Å². The van der Waals surface area contributed by atoms with Crippen molar-refractivity contribution in [1.29, 1.82) is 0 Å². The van der Waals surface area contributed by atoms with Gasteiger partial charge in [0.25, 0.3) is 0 Å². The molecule has 4 heteroatoms. The number of aromatic nitrogens is 2. The maximum absolute atomic E-state index is 10.4. The van der Waals surface area contributed by atoms with E-state index in [9.17, 15) is 5.11 Å². The average molecular weight is 260 g/mol. The van der Waals surface area contributed by atoms with E-state index in [0.717, 1.165) is 16.1 Å². The fourth-order valence-corrected chi connectivity index (χ4v) is 3.02. The highest BCUT2D eigenvalue weighted by atomic mass is 32.1. The summed E-state index contributed by atoms with van der Waals surface area (Å²) in [5.41, 5.74) is 3.13. The number of benzene rings is 1. The molecule has 0 amide bonds. The van der Waals surface area contributed by atoms with Gasteiger partial charge in [0.05, 0.1) is 10.6 Å². The van der Waals surface area contributed by atoms with Crippen molar-refractivity contribution in [3.05, 3.63) is 46.0 Å². The Bertz CT molecular complexity index is 548. The molecule has 2 aromatic rings. The number of aliphatic hydroxyl groups excluding tert-OH is 1. The minimum Gasteiger partial charge on any atom is -0.383 e. The molecule has 1 atom stereocenters. The predicted molar refractivity (Wildman–Crippen MR) is 71.7 cm³/mol. The van der Waals surface area contributed by atoms with E-state index in [1.165, 1.54) is 36.4 Å². The third kappa shape index (κ3) is 2.06. The van der Waals surface area contributed by atoms with Gasteiger partial charge in [0.15, 0.2) is 0 Å². The maximum atomic E-state index is 10.4. The molecular formula is C14H16N2OS. The number of aryl methyl sites for hydroxylation is 1. The van der Waals surface area contributed by atoms with E-state index in [1.807, 2.05) is 19.1 Å². The first kappa shape index (κ1) is 11.8. The van der Waals surface area contributed by atoms with E-state index in [1.54, 1.807) is 0 Å². The second-order valence-electron chi connectivity index (χ2n) is 4.92. The van der Waals surface area contributed by atoms with Gasteiger partial charge in [-0.3, -0.25) is 0 Å². The van der Waals surface area contributed by atoms with Crippen molar-refractivity contribution < 1.29 is 5.11 Å². The van der Waals surface area contributed by atoms with Gasteiger partial charge in [0.1, 0.15) is 6.10 Å². The lowest BCUT2D eigenvalue weighted by molar-refractivity contribution is 0.223. The van der Waals surface area contributed by atoms with Crippen LogP contribution in [0.4, 0.5) is 0 Å². The summed E-state index contributed by atoms with van der Waals surface area (Å²) in [5, 5.41) is 14.3. The molecular weight excluding hydrogens is 244 g/mol. The van der Waals surface area contributed by atoms with Gasteiger partial charge in [-0.25, -0.2) is 0 Å². The fourth-order valence-electron chi connectivity index (χ4n) is 2.36. The second-order valence-corrected chi connectivity index (χ2v) is 5.71. The molecule has 1 unspecified atom stereocenters. The molecule has 94 valence electrons. The third-order valence-corrected chi connectivity index (χ3v) is 4.62. The molecule has 1 heterocycles. The zero-order valence-corrected chi connectivity index (χ0v) is 11.2. The molecule has 1 N–H and O–H groups in total. The zero-order valence-electron chi connectivity index (χ0n) is 10.3. The number of rotatable bonds is 3. The Hall–Kier alpha value is -1.26. The Morgan fingerprint density at radius 2 is 2.22 bits per heavy atom. The molecule has 1 aliphatic rings. The molecule has 1 saturated carbocycles. The van der Waals surface area contributed by atoms with Crippen LogP contribution < -0.4 is 0 Å². The average Bonchev–Trinajstić information content (AvgIpc) is 2.73. The van der Waals surface area contributed by atoms with Gasteiger partial charge in [-0.2, -0.15) is 0 Å². The molecule has 3 rings (SSSR count). The van der Waals surface area contributed by atoms with Crippen molar-refractivity contribution in [3.63, 3.8) is 0 Å². The Morgan fingerprint density at radius 1 is 1.39 bits per heavy atom. The van der Waals surface area contributed by atoms with Crippen molar-refractivity contribution in [1.82, 2.24) is 9.59 Å². The first-order valence-corrected chi connectivity index (χ1v) is 7.10. The van der Waals surface area contributed by atoms with Gasteiger partial charge in [-0.15, -0.1) is 5.10 Å². The quantitative estimate of drug-likeness (QED) is 0.921. The third-order valence-electron chi connectivity index (χ3n) is 3.74. The molecule has 1 fully saturated rings. The van der Waals surface area contributed by atoms with Crippen molar-refractivity contribution in [3.8, 4) is 0 Å². The van der Waals surface area contributed by atoms with Gasteiger partial charge in [0, 0.05) is 0 Å². The normalized spacial score (nSPS) is 17.4. The summed E-state index contributed by atoms with van der Waals surface area (Å²) in [6.45, 7) is 1.89. The summed E-state index contributed by atoms with van der Waals surface area (Å²) in [5.74, 6) is 0.692. The lowest BCUT2D eigenvalue weighted by Gasteiger charge is -2.26. The summed E-state index contributed by atoms with van der Waals surface area (Å²) < 4.78 is 3.88. The van der Waals surface area contributed by atoms with Crippen LogP contribution in [-0.4, -0.2) is 14.7 Å². The van der Waals surface area contributed by atoms with Crippen LogP contribution in [0.3, 0.4) is 0 Å². The van der Waals surface area contributed by atoms with Crippen LogP contribution in [0.5, 0.6) is 0 Å². The first-order valence-electron chi connectivity index (χ1n) is 6.32. The smallest absolute Gasteiger partial charge is 0.117 e. The highest BCUT2D eigenvalue weighted by molar-refractivity contribution is 7.05. The molecule has 3 nitrogen and oxygen atoms in total. The fraction of sp³-hybridized carbons (Fsp3) is 0.429. The topological polar surface area (TPSA) is 46.0 Å². The number of aliphatic hydroxyl groups is 1. The van der Waals surface area contributed by atoms with Crippen molar-refractivity contribution in [2.75, 3.05) is 0 Å². The number of hydrogen-bond acceptors (Lipinski definition) is 4. The summed E-state index contributed by atoms with van der Waals surface area (Å²) >= 11 is 1.28. The maximum Gasteiger partial charge on any atom is 0.117 e. The van der Waals surface area contributed by atoms with Crippen LogP contribution in [0, 0.1) is 6.92 Å². The van der Waals surface area contributed by atoms with Crippen LogP contribution in [0.2, 0.25) is 0 Å². The lowest BCUT2D eigenvalue weighted by atomic mass is 9.79. The van der Waals surface area contributed by atoms with E-state index in [0.29, 0.717) is 5.92 Å². The van der Waals surface area contributed by atoms with E-state index >= 15 is 0 Å². The highest BCUT2D eigenvalue weighted by Crippen LogP contribution is 2.37. The Balaban J connectivity index is 1.89. The Morgan fingerprint density at radius 3 is 2.83 bits per heavy atom. The Labute approximate surface area is 111 Å². The van der Waals surface area contributed by atoms with Crippen LogP contribution in [0.15, 0.2) is 24.3 Å². The first-order chi connectivity index (χ1) is 8.75. The molecule has 0 radical (unpaired) electrons. The Kier molecular flexibility index (Phi) is 3.14. The molecule has 1 aromatic carbocycles. The van der Waals surface area contributed by atoms with E-state index in [2.05, 4.69) is 21.7 Å². The largest absolute Gasteiger partial charge is 0.383 e. The zero-order chi connectivity index (χ0) is 12.5. The monoisotopic (exact) mass is 260 g/mol. The summed E-state index contributed by atoms with van der Waals surface area (Å²) in [4.78, 5) is 0.848. The minimum absolute atomic E-state index is 0.593. The molecule has 0 aliphatic heterocycles. The van der Waals surface area contributed by atoms with Crippen molar-refractivity contribution in [2.45, 2.75) is 38.2 Å². The van der Waals surface area contributed by atoms with E-state index in [-0.39, 0.29) is 0 Å². The summed E-state index contributed by atoms with van der Waals surface area (Å²) in [7, 11) is 0. The van der Waals surface area contributed by atoms with Crippen molar-refractivity contribution >= 4 is 11.5 Å². The van der Waals surface area contributed by atoms with Crippen LogP contribution in [0.1, 0.15) is 53.0 Å². The van der Waals surface area contributed by atoms with Gasteiger partial charge in [-0.1, -0.05) is 35.2 Å². The summed E-state index contributed by atoms with van der Waals surface area (Å²) in [6, 6.07) is 8.31. The van der Waals surface area contributed by atoms with Crippen LogP contribution in [-0.2, 0) is 0 Å². The lowest BCUT2D eigenvalue weighted by Crippen LogP contribution is -2.09. The molecule has 0 saturated heterocycles. The molecule has 1 aromatic heterocycles. The molecule has 0 spiro atoms.